The lowest BCUT2D eigenvalue weighted by molar-refractivity contribution is -0.129. The number of hydrazine groups is 1. The van der Waals surface area contributed by atoms with Crippen LogP contribution in [-0.2, 0) is 4.79 Å². The summed E-state index contributed by atoms with van der Waals surface area (Å²) in [6.07, 6.45) is 0. The van der Waals surface area contributed by atoms with Crippen molar-refractivity contribution in [1.82, 2.24) is 11.0 Å². The molecule has 0 unspecified atom stereocenters. The number of rotatable bonds is 1. The molecule has 5 nitrogen and oxygen atoms in total. The molecule has 0 fully saturated rings. The monoisotopic (exact) mass is 115 g/mol. The molecule has 44 valence electrons. The summed E-state index contributed by atoms with van der Waals surface area (Å²) in [4.78, 5) is 9.99. The van der Waals surface area contributed by atoms with Crippen LogP contribution in [0.4, 0.5) is 0 Å². The van der Waals surface area contributed by atoms with Crippen LogP contribution in [0.25, 0.3) is 0 Å². The molecule has 1 aliphatic rings. The highest BCUT2D eigenvalue weighted by Crippen LogP contribution is 1.79. The molecule has 0 aliphatic carbocycles. The van der Waals surface area contributed by atoms with E-state index in [9.17, 15) is 4.79 Å². The summed E-state index contributed by atoms with van der Waals surface area (Å²) in [7, 11) is 0. The Hall–Kier alpha value is -1.10. The quantitative estimate of drug-likeness (QED) is 0.390. The standard InChI is InChI=1S/C3H5N3O2/c7-3(8)2-1-4-6-5-2/h4,6H,1H2,(H,7,8). The topological polar surface area (TPSA) is 73.7 Å². The van der Waals surface area contributed by atoms with Crippen LogP contribution >= 0.6 is 0 Å². The molecule has 5 heteroatoms. The van der Waals surface area contributed by atoms with Crippen molar-refractivity contribution in [2.24, 2.45) is 5.10 Å². The van der Waals surface area contributed by atoms with Crippen molar-refractivity contribution in [3.8, 4) is 0 Å². The number of hydrazone groups is 1. The molecule has 1 rings (SSSR count). The van der Waals surface area contributed by atoms with Crippen LogP contribution in [0.5, 0.6) is 0 Å². The van der Waals surface area contributed by atoms with E-state index in [-0.39, 0.29) is 12.3 Å². The second kappa shape index (κ2) is 1.79. The lowest BCUT2D eigenvalue weighted by Crippen LogP contribution is -2.24. The summed E-state index contributed by atoms with van der Waals surface area (Å²) >= 11 is 0. The highest BCUT2D eigenvalue weighted by molar-refractivity contribution is 6.36. The SMILES string of the molecule is O=C(O)C1=NNNC1. The van der Waals surface area contributed by atoms with E-state index in [4.69, 9.17) is 5.11 Å². The number of carboxylic acid groups (broad SMARTS) is 1. The molecule has 0 atom stereocenters. The summed E-state index contributed by atoms with van der Waals surface area (Å²) < 4.78 is 0. The predicted molar refractivity (Wildman–Crippen MR) is 26.2 cm³/mol. The summed E-state index contributed by atoms with van der Waals surface area (Å²) in [5.74, 6) is -0.984. The Morgan fingerprint density at radius 3 is 2.88 bits per heavy atom. The molecule has 8 heavy (non-hydrogen) atoms. The first-order chi connectivity index (χ1) is 3.80. The molecule has 0 aromatic heterocycles. The van der Waals surface area contributed by atoms with Crippen molar-refractivity contribution in [1.29, 1.82) is 0 Å². The maximum Gasteiger partial charge on any atom is 0.353 e. The fraction of sp³-hybridized carbons (Fsp3) is 0.333. The van der Waals surface area contributed by atoms with E-state index in [1.54, 1.807) is 0 Å². The van der Waals surface area contributed by atoms with Gasteiger partial charge in [0.25, 0.3) is 0 Å². The zero-order valence-corrected chi connectivity index (χ0v) is 4.01. The molecule has 0 amide bonds. The minimum absolute atomic E-state index is 0.116. The molecule has 1 aliphatic heterocycles. The van der Waals surface area contributed by atoms with Gasteiger partial charge in [0, 0.05) is 0 Å². The molecule has 0 bridgehead atoms. The zero-order chi connectivity index (χ0) is 5.98. The zero-order valence-electron chi connectivity index (χ0n) is 4.01. The average Bonchev–Trinajstić information content (AvgIpc) is 2.12. The third-order valence-electron chi connectivity index (χ3n) is 0.773. The van der Waals surface area contributed by atoms with Crippen molar-refractivity contribution < 1.29 is 9.90 Å². The lowest BCUT2D eigenvalue weighted by Gasteiger charge is -1.83. The number of hydrogen-bond donors (Lipinski definition) is 3. The Morgan fingerprint density at radius 2 is 2.62 bits per heavy atom. The van der Waals surface area contributed by atoms with Gasteiger partial charge in [-0.3, -0.25) is 0 Å². The van der Waals surface area contributed by atoms with Crippen molar-refractivity contribution in [2.75, 3.05) is 6.54 Å². The van der Waals surface area contributed by atoms with Gasteiger partial charge in [-0.25, -0.2) is 15.8 Å². The lowest BCUT2D eigenvalue weighted by atomic mass is 10.4. The van der Waals surface area contributed by atoms with E-state index in [0.717, 1.165) is 0 Å². The van der Waals surface area contributed by atoms with Crippen LogP contribution in [0, 0.1) is 0 Å². The minimum Gasteiger partial charge on any atom is -0.477 e. The van der Waals surface area contributed by atoms with E-state index in [0.29, 0.717) is 0 Å². The van der Waals surface area contributed by atoms with Gasteiger partial charge >= 0.3 is 5.97 Å². The van der Waals surface area contributed by atoms with Crippen LogP contribution in [0.2, 0.25) is 0 Å². The highest BCUT2D eigenvalue weighted by Gasteiger charge is 2.11. The van der Waals surface area contributed by atoms with Gasteiger partial charge in [0.15, 0.2) is 5.71 Å². The number of carboxylic acids is 1. The van der Waals surface area contributed by atoms with E-state index in [1.807, 2.05) is 0 Å². The molecule has 0 saturated heterocycles. The fourth-order valence-corrected chi connectivity index (χ4v) is 0.393. The number of nitrogens with zero attached hydrogens (tertiary/aromatic N) is 1. The predicted octanol–water partition coefficient (Wildman–Crippen LogP) is -1.47. The smallest absolute Gasteiger partial charge is 0.353 e. The number of carbonyl (C=O) groups is 1. The molecule has 0 spiro atoms. The Bertz CT molecular complexity index is 141. The van der Waals surface area contributed by atoms with E-state index >= 15 is 0 Å². The van der Waals surface area contributed by atoms with Gasteiger partial charge < -0.3 is 5.11 Å². The van der Waals surface area contributed by atoms with Gasteiger partial charge in [-0.15, -0.1) is 0 Å². The summed E-state index contributed by atoms with van der Waals surface area (Å²) in [5.41, 5.74) is 4.95. The molecule has 0 radical (unpaired) electrons. The Labute approximate surface area is 45.4 Å². The summed E-state index contributed by atoms with van der Waals surface area (Å²) in [5, 5.41) is 11.6. The second-order valence-electron chi connectivity index (χ2n) is 1.33. The number of hydrogen-bond acceptors (Lipinski definition) is 4. The van der Waals surface area contributed by atoms with Crippen LogP contribution in [-0.4, -0.2) is 23.3 Å². The largest absolute Gasteiger partial charge is 0.477 e. The van der Waals surface area contributed by atoms with E-state index < -0.39 is 5.97 Å². The first-order valence-corrected chi connectivity index (χ1v) is 2.08. The van der Waals surface area contributed by atoms with Crippen molar-refractivity contribution in [3.05, 3.63) is 0 Å². The van der Waals surface area contributed by atoms with Crippen molar-refractivity contribution >= 4 is 11.7 Å². The molecule has 3 N–H and O–H groups in total. The second-order valence-corrected chi connectivity index (χ2v) is 1.33. The Morgan fingerprint density at radius 1 is 1.88 bits per heavy atom. The first kappa shape index (κ1) is 5.04. The molecular weight excluding hydrogens is 110 g/mol. The van der Waals surface area contributed by atoms with Crippen molar-refractivity contribution in [2.45, 2.75) is 0 Å². The van der Waals surface area contributed by atoms with Crippen molar-refractivity contribution in [3.63, 3.8) is 0 Å². The maximum atomic E-state index is 9.99. The van der Waals surface area contributed by atoms with Crippen LogP contribution in [0.3, 0.4) is 0 Å². The van der Waals surface area contributed by atoms with Gasteiger partial charge in [0.2, 0.25) is 0 Å². The molecule has 1 heterocycles. The minimum atomic E-state index is -0.984. The number of aliphatic carboxylic acids is 1. The van der Waals surface area contributed by atoms with Gasteiger partial charge in [0.05, 0.1) is 6.54 Å². The fourth-order valence-electron chi connectivity index (χ4n) is 0.393. The Balaban J connectivity index is 2.57. The number of nitrogens with one attached hydrogen (secondary N) is 2. The van der Waals surface area contributed by atoms with E-state index in [1.165, 1.54) is 0 Å². The third kappa shape index (κ3) is 0.760. The third-order valence-corrected chi connectivity index (χ3v) is 0.773. The van der Waals surface area contributed by atoms with Crippen LogP contribution < -0.4 is 11.0 Å². The highest BCUT2D eigenvalue weighted by atomic mass is 16.4. The summed E-state index contributed by atoms with van der Waals surface area (Å²) in [6.45, 7) is 0.287. The van der Waals surface area contributed by atoms with Gasteiger partial charge in [0.1, 0.15) is 0 Å². The molecular formula is C3H5N3O2. The maximum absolute atomic E-state index is 9.99. The molecule has 0 aromatic rings. The normalized spacial score (nSPS) is 17.2. The van der Waals surface area contributed by atoms with Gasteiger partial charge in [-0.05, 0) is 0 Å². The Kier molecular flexibility index (Phi) is 1.13. The van der Waals surface area contributed by atoms with Crippen LogP contribution in [0.1, 0.15) is 0 Å². The average molecular weight is 115 g/mol. The molecule has 0 aromatic carbocycles. The molecule has 0 saturated carbocycles. The summed E-state index contributed by atoms with van der Waals surface area (Å²) in [6, 6.07) is 0. The van der Waals surface area contributed by atoms with Crippen LogP contribution in [0.15, 0.2) is 5.10 Å². The van der Waals surface area contributed by atoms with E-state index in [2.05, 4.69) is 16.1 Å². The first-order valence-electron chi connectivity index (χ1n) is 2.08. The van der Waals surface area contributed by atoms with Gasteiger partial charge in [-0.2, -0.15) is 5.10 Å². The van der Waals surface area contributed by atoms with Gasteiger partial charge in [-0.1, -0.05) is 0 Å².